The fraction of sp³-hybridized carbons (Fsp3) is 0.385. The van der Waals surface area contributed by atoms with E-state index in [0.717, 1.165) is 12.1 Å². The number of alkyl halides is 6. The van der Waals surface area contributed by atoms with Crippen molar-refractivity contribution in [3.63, 3.8) is 0 Å². The van der Waals surface area contributed by atoms with E-state index in [1.54, 1.807) is 6.07 Å². The Hall–Kier alpha value is -4.28. The average molecular weight is 570 g/mol. The number of aromatic nitrogens is 1. The van der Waals surface area contributed by atoms with Gasteiger partial charge in [0.2, 0.25) is 11.8 Å². The minimum atomic E-state index is -5.01. The summed E-state index contributed by atoms with van der Waals surface area (Å²) in [7, 11) is 1.37. The Labute approximate surface area is 225 Å². The highest BCUT2D eigenvalue weighted by Crippen LogP contribution is 2.48. The van der Waals surface area contributed by atoms with Crippen LogP contribution < -0.4 is 20.1 Å². The maximum absolute atomic E-state index is 14.7. The maximum atomic E-state index is 14.7. The fourth-order valence-corrected chi connectivity index (χ4v) is 4.06. The van der Waals surface area contributed by atoms with Gasteiger partial charge in [-0.2, -0.15) is 31.6 Å². The molecule has 0 unspecified atom stereocenters. The first-order valence-corrected chi connectivity index (χ1v) is 11.8. The van der Waals surface area contributed by atoms with Crippen molar-refractivity contribution in [2.45, 2.75) is 43.6 Å². The normalized spacial score (nSPS) is 17.6. The largest absolute Gasteiger partial charge is 0.495 e. The van der Waals surface area contributed by atoms with Gasteiger partial charge in [0, 0.05) is 25.0 Å². The number of nitriles is 1. The van der Waals surface area contributed by atoms with E-state index in [4.69, 9.17) is 14.7 Å². The minimum Gasteiger partial charge on any atom is -0.495 e. The molecule has 0 aliphatic carbocycles. The van der Waals surface area contributed by atoms with Crippen LogP contribution in [0.1, 0.15) is 36.9 Å². The number of nitrogens with one attached hydrogen (secondary N) is 2. The Morgan fingerprint density at radius 2 is 1.80 bits per heavy atom. The summed E-state index contributed by atoms with van der Waals surface area (Å²) in [5, 5.41) is 13.1. The second-order valence-corrected chi connectivity index (χ2v) is 8.78. The summed E-state index contributed by atoms with van der Waals surface area (Å²) in [6, 6.07) is 8.97. The van der Waals surface area contributed by atoms with Gasteiger partial charge in [0.05, 0.1) is 31.7 Å². The van der Waals surface area contributed by atoms with Crippen molar-refractivity contribution in [1.82, 2.24) is 15.6 Å². The van der Waals surface area contributed by atoms with E-state index >= 15 is 0 Å². The molecule has 40 heavy (non-hydrogen) atoms. The molecule has 2 aromatic rings. The van der Waals surface area contributed by atoms with Crippen LogP contribution in [0.2, 0.25) is 0 Å². The van der Waals surface area contributed by atoms with Crippen LogP contribution in [0.25, 0.3) is 5.57 Å². The lowest BCUT2D eigenvalue weighted by Gasteiger charge is -2.41. The highest BCUT2D eigenvalue weighted by Gasteiger charge is 2.59. The van der Waals surface area contributed by atoms with Gasteiger partial charge in [0.25, 0.3) is 0 Å². The molecule has 2 heterocycles. The number of benzene rings is 1. The number of methoxy groups -OCH3 is 1. The number of hydrogen-bond acceptors (Lipinski definition) is 6. The number of hydrogen-bond donors (Lipinski definition) is 2. The van der Waals surface area contributed by atoms with Crippen LogP contribution in [0.5, 0.6) is 11.5 Å². The van der Waals surface area contributed by atoms with E-state index in [-0.39, 0.29) is 41.2 Å². The Balaban J connectivity index is 1.98. The number of ether oxygens (including phenoxy) is 2. The Kier molecular flexibility index (Phi) is 9.28. The van der Waals surface area contributed by atoms with E-state index < -0.39 is 55.5 Å². The highest BCUT2D eigenvalue weighted by molar-refractivity contribution is 6.04. The molecule has 0 fully saturated rings. The molecule has 1 aliphatic rings. The number of carbonyl (C=O) groups is 2. The van der Waals surface area contributed by atoms with Crippen LogP contribution >= 0.6 is 0 Å². The quantitative estimate of drug-likeness (QED) is 0.320. The highest BCUT2D eigenvalue weighted by atomic mass is 19.4. The van der Waals surface area contributed by atoms with E-state index in [9.17, 15) is 35.9 Å². The summed E-state index contributed by atoms with van der Waals surface area (Å²) in [4.78, 5) is 29.2. The molecule has 0 radical (unpaired) electrons. The molecule has 0 saturated carbocycles. The minimum absolute atomic E-state index is 0.0402. The van der Waals surface area contributed by atoms with Gasteiger partial charge in [0.1, 0.15) is 17.9 Å². The summed E-state index contributed by atoms with van der Waals surface area (Å²) in [6.45, 7) is -0.745. The van der Waals surface area contributed by atoms with Gasteiger partial charge >= 0.3 is 12.4 Å². The van der Waals surface area contributed by atoms with Crippen molar-refractivity contribution in [2.75, 3.05) is 20.3 Å². The predicted octanol–water partition coefficient (Wildman–Crippen LogP) is 4.57. The number of rotatable bonds is 10. The van der Waals surface area contributed by atoms with Gasteiger partial charge < -0.3 is 20.1 Å². The van der Waals surface area contributed by atoms with Crippen molar-refractivity contribution in [3.8, 4) is 17.6 Å². The molecule has 2 N–H and O–H groups in total. The molecule has 1 aromatic heterocycles. The van der Waals surface area contributed by atoms with Gasteiger partial charge in [-0.05, 0) is 41.8 Å². The van der Waals surface area contributed by atoms with Crippen LogP contribution in [0, 0.1) is 11.3 Å². The molecule has 3 rings (SSSR count). The number of nitrogens with zero attached hydrogens (tertiary/aromatic N) is 2. The monoisotopic (exact) mass is 570 g/mol. The summed E-state index contributed by atoms with van der Waals surface area (Å²) in [5.41, 5.74) is -3.48. The molecule has 2 amide bonds. The van der Waals surface area contributed by atoms with E-state index in [1.165, 1.54) is 37.6 Å². The van der Waals surface area contributed by atoms with E-state index in [2.05, 4.69) is 10.3 Å². The van der Waals surface area contributed by atoms with Crippen LogP contribution in [-0.4, -0.2) is 49.4 Å². The Bertz CT molecular complexity index is 1280. The van der Waals surface area contributed by atoms with Gasteiger partial charge in [-0.1, -0.05) is 12.1 Å². The molecule has 1 atom stereocenters. The van der Waals surface area contributed by atoms with Crippen LogP contribution in [0.15, 0.2) is 48.2 Å². The standard InChI is InChI=1S/C26H24F6N4O4/c1-39-18-7-8-21(34-14-18)19-13-24(26(30,31)32,36-23(38)20(19)15-35-22(37)9-11-33)16-3-5-17(6-4-16)40-12-2-10-25(27,28)29/h3-8,14H,2,9-10,12-13,15H2,1H3,(H,35,37)(H,36,38)/t24-/m0/s1. The second kappa shape index (κ2) is 12.3. The third-order valence-electron chi connectivity index (χ3n) is 6.09. The van der Waals surface area contributed by atoms with Crippen LogP contribution in [0.3, 0.4) is 0 Å². The SMILES string of the molecule is COc1ccc(C2=C(CNC(=O)CC#N)C(=O)N[C@@](c3ccc(OCCCC(F)(F)F)cc3)(C(F)(F)F)C2)nc1. The zero-order valence-corrected chi connectivity index (χ0v) is 21.1. The molecule has 0 spiro atoms. The number of pyridine rings is 1. The number of amides is 2. The smallest absolute Gasteiger partial charge is 0.416 e. The molecule has 1 aromatic carbocycles. The number of carbonyl (C=O) groups excluding carboxylic acids is 2. The first-order chi connectivity index (χ1) is 18.8. The molecule has 14 heteroatoms. The Morgan fingerprint density at radius 1 is 1.12 bits per heavy atom. The zero-order valence-electron chi connectivity index (χ0n) is 21.1. The van der Waals surface area contributed by atoms with Gasteiger partial charge in [-0.15, -0.1) is 0 Å². The summed E-state index contributed by atoms with van der Waals surface area (Å²) < 4.78 is 91.5. The van der Waals surface area contributed by atoms with Crippen LogP contribution in [-0.2, 0) is 15.1 Å². The van der Waals surface area contributed by atoms with Crippen molar-refractivity contribution in [2.24, 2.45) is 0 Å². The third kappa shape index (κ3) is 7.22. The van der Waals surface area contributed by atoms with E-state index in [1.807, 2.05) is 5.32 Å². The first-order valence-electron chi connectivity index (χ1n) is 11.8. The second-order valence-electron chi connectivity index (χ2n) is 8.78. The molecule has 0 saturated heterocycles. The first kappa shape index (κ1) is 30.3. The predicted molar refractivity (Wildman–Crippen MR) is 129 cm³/mol. The molecule has 8 nitrogen and oxygen atoms in total. The van der Waals surface area contributed by atoms with Gasteiger partial charge in [-0.25, -0.2) is 0 Å². The van der Waals surface area contributed by atoms with Crippen LogP contribution in [0.4, 0.5) is 26.3 Å². The molecular weight excluding hydrogens is 546 g/mol. The topological polar surface area (TPSA) is 113 Å². The summed E-state index contributed by atoms with van der Waals surface area (Å²) >= 11 is 0. The lowest BCUT2D eigenvalue weighted by Crippen LogP contribution is -2.59. The van der Waals surface area contributed by atoms with E-state index in [0.29, 0.717) is 5.75 Å². The summed E-state index contributed by atoms with van der Waals surface area (Å²) in [6.07, 6.45) is -10.8. The summed E-state index contributed by atoms with van der Waals surface area (Å²) in [5.74, 6) is -1.45. The fourth-order valence-electron chi connectivity index (χ4n) is 4.06. The van der Waals surface area contributed by atoms with Crippen molar-refractivity contribution in [3.05, 3.63) is 59.4 Å². The molecule has 0 bridgehead atoms. The maximum Gasteiger partial charge on any atom is 0.416 e. The molecule has 1 aliphatic heterocycles. The van der Waals surface area contributed by atoms with Crippen molar-refractivity contribution < 1.29 is 45.4 Å². The lowest BCUT2D eigenvalue weighted by molar-refractivity contribution is -0.201. The van der Waals surface area contributed by atoms with Gasteiger partial charge in [0.15, 0.2) is 5.54 Å². The van der Waals surface area contributed by atoms with Gasteiger partial charge in [-0.3, -0.25) is 14.6 Å². The average Bonchev–Trinajstić information content (AvgIpc) is 2.89. The zero-order chi connectivity index (χ0) is 29.6. The third-order valence-corrected chi connectivity index (χ3v) is 6.09. The lowest BCUT2D eigenvalue weighted by atomic mass is 9.77. The number of halogens is 6. The molecular formula is C26H24F6N4O4. The van der Waals surface area contributed by atoms with Crippen molar-refractivity contribution >= 4 is 17.4 Å². The Morgan fingerprint density at radius 3 is 2.35 bits per heavy atom. The van der Waals surface area contributed by atoms with Crippen molar-refractivity contribution in [1.29, 1.82) is 5.26 Å². The molecule has 214 valence electrons.